The molecule has 0 bridgehead atoms. The van der Waals surface area contributed by atoms with E-state index in [2.05, 4.69) is 5.32 Å². The van der Waals surface area contributed by atoms with Gasteiger partial charge in [0.1, 0.15) is 17.4 Å². The molecule has 0 saturated heterocycles. The van der Waals surface area contributed by atoms with Crippen LogP contribution in [-0.2, 0) is 4.79 Å². The zero-order chi connectivity index (χ0) is 29.5. The molecular weight excluding hydrogens is 528 g/mol. The van der Waals surface area contributed by atoms with Crippen LogP contribution in [-0.4, -0.2) is 22.0 Å². The number of anilines is 1. The Morgan fingerprint density at radius 3 is 2.12 bits per heavy atom. The Kier molecular flexibility index (Phi) is 8.22. The van der Waals surface area contributed by atoms with Crippen LogP contribution in [0.3, 0.4) is 0 Å². The average molecular weight is 555 g/mol. The molecule has 0 aliphatic carbocycles. The molecule has 8 heteroatoms. The molecular formula is C34H26N4O4. The maximum Gasteiger partial charge on any atom is 0.269 e. The van der Waals surface area contributed by atoms with Gasteiger partial charge in [0.15, 0.2) is 0 Å². The minimum Gasteiger partial charge on any atom is -0.494 e. The van der Waals surface area contributed by atoms with E-state index in [1.54, 1.807) is 42.5 Å². The molecule has 1 heterocycles. The van der Waals surface area contributed by atoms with Crippen molar-refractivity contribution in [1.29, 1.82) is 5.26 Å². The highest BCUT2D eigenvalue weighted by atomic mass is 16.6. The van der Waals surface area contributed by atoms with Gasteiger partial charge in [-0.2, -0.15) is 5.26 Å². The first-order valence-corrected chi connectivity index (χ1v) is 13.3. The van der Waals surface area contributed by atoms with Crippen LogP contribution in [0.5, 0.6) is 5.75 Å². The topological polar surface area (TPSA) is 110 Å². The summed E-state index contributed by atoms with van der Waals surface area (Å²) in [7, 11) is 0. The van der Waals surface area contributed by atoms with Crippen LogP contribution in [0, 0.1) is 21.4 Å². The standard InChI is InChI=1S/C34H26N4O4/c1-2-42-31-19-13-28(14-20-31)36-34(39)27(23-35)21-26-22-32(24-9-5-3-6-10-24)37(33(26)25-11-7-4-8-12-25)29-15-17-30(18-16-29)38(40)41/h3-22H,2H2,1H3,(H,36,39)/b27-21-. The quantitative estimate of drug-likeness (QED) is 0.0870. The lowest BCUT2D eigenvalue weighted by Crippen LogP contribution is -2.13. The first kappa shape index (κ1) is 27.6. The van der Waals surface area contributed by atoms with Crippen molar-refractivity contribution in [3.8, 4) is 40.0 Å². The first-order valence-electron chi connectivity index (χ1n) is 13.3. The Labute approximate surface area is 242 Å². The summed E-state index contributed by atoms with van der Waals surface area (Å²) >= 11 is 0. The van der Waals surface area contributed by atoms with Crippen LogP contribution >= 0.6 is 0 Å². The molecule has 8 nitrogen and oxygen atoms in total. The minimum absolute atomic E-state index is 0.0220. The second kappa shape index (κ2) is 12.5. The number of carbonyl (C=O) groups excluding carboxylic acids is 1. The third-order valence-corrected chi connectivity index (χ3v) is 6.55. The van der Waals surface area contributed by atoms with Crippen LogP contribution in [0.4, 0.5) is 11.4 Å². The van der Waals surface area contributed by atoms with E-state index in [4.69, 9.17) is 4.74 Å². The van der Waals surface area contributed by atoms with Gasteiger partial charge in [-0.1, -0.05) is 60.7 Å². The summed E-state index contributed by atoms with van der Waals surface area (Å²) in [5, 5.41) is 24.2. The summed E-state index contributed by atoms with van der Waals surface area (Å²) in [5.74, 6) is 0.130. The van der Waals surface area contributed by atoms with Crippen molar-refractivity contribution in [3.63, 3.8) is 0 Å². The number of ether oxygens (including phenoxy) is 1. The molecule has 5 aromatic rings. The fourth-order valence-electron chi connectivity index (χ4n) is 4.65. The fraction of sp³-hybridized carbons (Fsp3) is 0.0588. The maximum absolute atomic E-state index is 13.2. The monoisotopic (exact) mass is 554 g/mol. The van der Waals surface area contributed by atoms with Crippen molar-refractivity contribution >= 4 is 23.4 Å². The van der Waals surface area contributed by atoms with Crippen molar-refractivity contribution in [2.75, 3.05) is 11.9 Å². The number of nitro groups is 1. The Balaban J connectivity index is 1.66. The number of benzene rings is 4. The number of nitrogens with one attached hydrogen (secondary N) is 1. The lowest BCUT2D eigenvalue weighted by Gasteiger charge is -2.15. The van der Waals surface area contributed by atoms with Gasteiger partial charge in [0.25, 0.3) is 11.6 Å². The second-order valence-corrected chi connectivity index (χ2v) is 9.26. The van der Waals surface area contributed by atoms with E-state index in [1.165, 1.54) is 12.1 Å². The third kappa shape index (κ3) is 5.96. The number of nitrogens with zero attached hydrogens (tertiary/aromatic N) is 3. The van der Waals surface area contributed by atoms with Gasteiger partial charge in [0.05, 0.1) is 22.9 Å². The minimum atomic E-state index is -0.551. The largest absolute Gasteiger partial charge is 0.494 e. The zero-order valence-electron chi connectivity index (χ0n) is 22.7. The number of non-ortho nitro benzene ring substituents is 1. The van der Waals surface area contributed by atoms with E-state index in [-0.39, 0.29) is 11.3 Å². The van der Waals surface area contributed by atoms with Crippen molar-refractivity contribution in [2.45, 2.75) is 6.92 Å². The molecule has 0 aliphatic heterocycles. The van der Waals surface area contributed by atoms with Crippen molar-refractivity contribution < 1.29 is 14.5 Å². The summed E-state index contributed by atoms with van der Waals surface area (Å²) in [4.78, 5) is 24.1. The lowest BCUT2D eigenvalue weighted by molar-refractivity contribution is -0.384. The van der Waals surface area contributed by atoms with Gasteiger partial charge in [0.2, 0.25) is 0 Å². The molecule has 5 rings (SSSR count). The Bertz CT molecular complexity index is 1790. The third-order valence-electron chi connectivity index (χ3n) is 6.55. The Morgan fingerprint density at radius 1 is 0.929 bits per heavy atom. The number of rotatable bonds is 9. The van der Waals surface area contributed by atoms with E-state index < -0.39 is 10.8 Å². The predicted octanol–water partition coefficient (Wildman–Crippen LogP) is 7.66. The van der Waals surface area contributed by atoms with E-state index in [9.17, 15) is 20.2 Å². The summed E-state index contributed by atoms with van der Waals surface area (Å²) in [5.41, 5.74) is 5.00. The van der Waals surface area contributed by atoms with Gasteiger partial charge < -0.3 is 14.6 Å². The van der Waals surface area contributed by atoms with Crippen LogP contribution < -0.4 is 10.1 Å². The van der Waals surface area contributed by atoms with Crippen molar-refractivity contribution in [2.24, 2.45) is 0 Å². The molecule has 0 spiro atoms. The number of aromatic nitrogens is 1. The molecule has 206 valence electrons. The highest BCUT2D eigenvalue weighted by molar-refractivity contribution is 6.10. The van der Waals surface area contributed by atoms with E-state index in [1.807, 2.05) is 84.3 Å². The SMILES string of the molecule is CCOc1ccc(NC(=O)/C(C#N)=C\c2cc(-c3ccccc3)n(-c3ccc([N+](=O)[O-])cc3)c2-c2ccccc2)cc1. The molecule has 0 radical (unpaired) electrons. The van der Waals surface area contributed by atoms with Gasteiger partial charge >= 0.3 is 0 Å². The fourth-order valence-corrected chi connectivity index (χ4v) is 4.65. The number of hydrogen-bond acceptors (Lipinski definition) is 5. The predicted molar refractivity (Wildman–Crippen MR) is 163 cm³/mol. The van der Waals surface area contributed by atoms with Crippen molar-refractivity contribution in [3.05, 3.63) is 137 Å². The molecule has 0 atom stereocenters. The van der Waals surface area contributed by atoms with E-state index in [0.717, 1.165) is 22.5 Å². The molecule has 42 heavy (non-hydrogen) atoms. The smallest absolute Gasteiger partial charge is 0.269 e. The highest BCUT2D eigenvalue weighted by Gasteiger charge is 2.21. The zero-order valence-corrected chi connectivity index (χ0v) is 22.7. The molecule has 0 aliphatic rings. The normalized spacial score (nSPS) is 11.0. The van der Waals surface area contributed by atoms with E-state index >= 15 is 0 Å². The summed E-state index contributed by atoms with van der Waals surface area (Å²) in [6.45, 7) is 2.42. The number of nitro benzene ring substituents is 1. The second-order valence-electron chi connectivity index (χ2n) is 9.26. The molecule has 1 amide bonds. The number of carbonyl (C=O) groups is 1. The highest BCUT2D eigenvalue weighted by Crippen LogP contribution is 2.37. The summed E-state index contributed by atoms with van der Waals surface area (Å²) < 4.78 is 7.45. The molecule has 1 aromatic heterocycles. The Hall–Kier alpha value is -5.94. The summed E-state index contributed by atoms with van der Waals surface area (Å²) in [6.07, 6.45) is 1.57. The van der Waals surface area contributed by atoms with Crippen LogP contribution in [0.25, 0.3) is 34.3 Å². The molecule has 0 unspecified atom stereocenters. The maximum atomic E-state index is 13.2. The molecule has 4 aromatic carbocycles. The first-order chi connectivity index (χ1) is 20.5. The number of nitriles is 1. The van der Waals surface area contributed by atoms with Crippen molar-refractivity contribution in [1.82, 2.24) is 4.57 Å². The lowest BCUT2D eigenvalue weighted by atomic mass is 10.0. The van der Waals surface area contributed by atoms with Gasteiger partial charge in [-0.15, -0.1) is 0 Å². The van der Waals surface area contributed by atoms with Gasteiger partial charge in [0, 0.05) is 29.1 Å². The number of hydrogen-bond donors (Lipinski definition) is 1. The Morgan fingerprint density at radius 2 is 1.55 bits per heavy atom. The van der Waals surface area contributed by atoms with Crippen LogP contribution in [0.15, 0.2) is 121 Å². The van der Waals surface area contributed by atoms with Crippen LogP contribution in [0.2, 0.25) is 0 Å². The van der Waals surface area contributed by atoms with Gasteiger partial charge in [-0.3, -0.25) is 14.9 Å². The van der Waals surface area contributed by atoms with Crippen LogP contribution in [0.1, 0.15) is 12.5 Å². The molecule has 1 N–H and O–H groups in total. The summed E-state index contributed by atoms with van der Waals surface area (Å²) in [6, 6.07) is 36.5. The number of amides is 1. The van der Waals surface area contributed by atoms with Gasteiger partial charge in [-0.25, -0.2) is 0 Å². The van der Waals surface area contributed by atoms with E-state index in [0.29, 0.717) is 29.3 Å². The molecule has 0 fully saturated rings. The van der Waals surface area contributed by atoms with Gasteiger partial charge in [-0.05, 0) is 66.6 Å². The average Bonchev–Trinajstić information content (AvgIpc) is 3.41. The molecule has 0 saturated carbocycles.